The maximum atomic E-state index is 12.4. The predicted octanol–water partition coefficient (Wildman–Crippen LogP) is 3.16. The van der Waals surface area contributed by atoms with Gasteiger partial charge < -0.3 is 10.2 Å². The number of nitrogens with zero attached hydrogens (tertiary/aromatic N) is 2. The summed E-state index contributed by atoms with van der Waals surface area (Å²) in [4.78, 5) is 18.8. The minimum Gasteiger partial charge on any atom is -0.369 e. The molecule has 0 bridgehead atoms. The number of hydrogen-bond acceptors (Lipinski definition) is 5. The molecule has 0 atom stereocenters. The molecule has 0 saturated carbocycles. The first-order chi connectivity index (χ1) is 14.5. The number of nitrogens with one attached hydrogen (secondary N) is 1. The number of anilines is 2. The topological polar surface area (TPSA) is 79.4 Å². The number of aromatic nitrogens is 1. The molecule has 1 aliphatic rings. The van der Waals surface area contributed by atoms with Gasteiger partial charge >= 0.3 is 0 Å². The predicted molar refractivity (Wildman–Crippen MR) is 119 cm³/mol. The van der Waals surface area contributed by atoms with Gasteiger partial charge in [0, 0.05) is 36.2 Å². The maximum Gasteiger partial charge on any atom is 0.228 e. The summed E-state index contributed by atoms with van der Waals surface area (Å²) >= 11 is 0. The largest absolute Gasteiger partial charge is 0.369 e. The number of sulfone groups is 1. The minimum atomic E-state index is -2.89. The highest BCUT2D eigenvalue weighted by Gasteiger charge is 2.21. The molecule has 1 saturated heterocycles. The van der Waals surface area contributed by atoms with Crippen LogP contribution in [0.1, 0.15) is 5.56 Å². The number of hydrogen-bond donors (Lipinski definition) is 1. The van der Waals surface area contributed by atoms with E-state index in [0.717, 1.165) is 28.2 Å². The van der Waals surface area contributed by atoms with Gasteiger partial charge in [0.1, 0.15) is 0 Å². The van der Waals surface area contributed by atoms with Crippen molar-refractivity contribution >= 4 is 27.1 Å². The van der Waals surface area contributed by atoms with Gasteiger partial charge in [-0.3, -0.25) is 9.78 Å². The first-order valence-electron chi connectivity index (χ1n) is 9.84. The Balaban J connectivity index is 1.33. The van der Waals surface area contributed by atoms with Gasteiger partial charge in [0.25, 0.3) is 0 Å². The number of pyridine rings is 1. The van der Waals surface area contributed by atoms with Crippen molar-refractivity contribution in [3.8, 4) is 11.3 Å². The summed E-state index contributed by atoms with van der Waals surface area (Å²) < 4.78 is 23.1. The lowest BCUT2D eigenvalue weighted by atomic mass is 10.1. The van der Waals surface area contributed by atoms with Gasteiger partial charge in [-0.05, 0) is 42.0 Å². The molecule has 1 fully saturated rings. The van der Waals surface area contributed by atoms with Crippen LogP contribution in [0.25, 0.3) is 11.3 Å². The van der Waals surface area contributed by atoms with E-state index >= 15 is 0 Å². The Morgan fingerprint density at radius 2 is 1.63 bits per heavy atom. The van der Waals surface area contributed by atoms with E-state index in [1.165, 1.54) is 0 Å². The molecule has 0 aliphatic carbocycles. The van der Waals surface area contributed by atoms with E-state index in [-0.39, 0.29) is 23.8 Å². The third kappa shape index (κ3) is 5.04. The molecule has 2 aromatic carbocycles. The van der Waals surface area contributed by atoms with Gasteiger partial charge in [-0.25, -0.2) is 8.42 Å². The van der Waals surface area contributed by atoms with E-state index < -0.39 is 9.84 Å². The molecule has 0 spiro atoms. The third-order valence-corrected chi connectivity index (χ3v) is 6.75. The number of benzene rings is 2. The molecule has 6 nitrogen and oxygen atoms in total. The summed E-state index contributed by atoms with van der Waals surface area (Å²) in [5, 5.41) is 2.92. The SMILES string of the molecule is O=C(Cc1ccc(N2CCS(=O)(=O)CC2)cc1)Nc1ccc(-c2ccccn2)cc1. The van der Waals surface area contributed by atoms with Gasteiger partial charge in [-0.1, -0.05) is 30.3 Å². The molecular weight excluding hydrogens is 398 g/mol. The van der Waals surface area contributed by atoms with E-state index in [1.807, 2.05) is 66.7 Å². The highest BCUT2D eigenvalue weighted by Crippen LogP contribution is 2.20. The van der Waals surface area contributed by atoms with E-state index in [1.54, 1.807) is 6.20 Å². The van der Waals surface area contributed by atoms with Crippen molar-refractivity contribution in [3.05, 3.63) is 78.5 Å². The van der Waals surface area contributed by atoms with Crippen LogP contribution < -0.4 is 10.2 Å². The maximum absolute atomic E-state index is 12.4. The van der Waals surface area contributed by atoms with Crippen molar-refractivity contribution in [1.29, 1.82) is 0 Å². The fraction of sp³-hybridized carbons (Fsp3) is 0.217. The number of carbonyl (C=O) groups is 1. The smallest absolute Gasteiger partial charge is 0.228 e. The Bertz CT molecular complexity index is 1100. The zero-order valence-corrected chi connectivity index (χ0v) is 17.3. The highest BCUT2D eigenvalue weighted by atomic mass is 32.2. The average Bonchev–Trinajstić information content (AvgIpc) is 2.75. The van der Waals surface area contributed by atoms with Gasteiger partial charge in [0.2, 0.25) is 5.91 Å². The summed E-state index contributed by atoms with van der Waals surface area (Å²) in [7, 11) is -2.89. The van der Waals surface area contributed by atoms with Crippen molar-refractivity contribution in [2.75, 3.05) is 34.8 Å². The molecule has 1 aliphatic heterocycles. The molecule has 0 radical (unpaired) electrons. The normalized spacial score (nSPS) is 15.5. The van der Waals surface area contributed by atoms with Crippen LogP contribution in [0.2, 0.25) is 0 Å². The molecule has 1 N–H and O–H groups in total. The Labute approximate surface area is 176 Å². The summed E-state index contributed by atoms with van der Waals surface area (Å²) in [5.41, 5.74) is 4.52. The molecule has 1 amide bonds. The average molecular weight is 422 g/mol. The first-order valence-corrected chi connectivity index (χ1v) is 11.7. The summed E-state index contributed by atoms with van der Waals surface area (Å²) in [6, 6.07) is 21.1. The molecule has 7 heteroatoms. The summed E-state index contributed by atoms with van der Waals surface area (Å²) in [6.07, 6.45) is 2.03. The Hall–Kier alpha value is -3.19. The second-order valence-corrected chi connectivity index (χ2v) is 9.63. The van der Waals surface area contributed by atoms with Crippen LogP contribution in [0.4, 0.5) is 11.4 Å². The van der Waals surface area contributed by atoms with Gasteiger partial charge in [0.15, 0.2) is 9.84 Å². The van der Waals surface area contributed by atoms with Gasteiger partial charge in [-0.2, -0.15) is 0 Å². The van der Waals surface area contributed by atoms with Crippen molar-refractivity contribution in [2.24, 2.45) is 0 Å². The van der Waals surface area contributed by atoms with Crippen LogP contribution in [0.15, 0.2) is 72.9 Å². The van der Waals surface area contributed by atoms with Gasteiger partial charge in [0.05, 0.1) is 23.6 Å². The summed E-state index contributed by atoms with van der Waals surface area (Å²) in [6.45, 7) is 1.02. The van der Waals surface area contributed by atoms with Crippen molar-refractivity contribution in [2.45, 2.75) is 6.42 Å². The second kappa shape index (κ2) is 8.67. The molecule has 4 rings (SSSR count). The monoisotopic (exact) mass is 421 g/mol. The Kier molecular flexibility index (Phi) is 5.81. The van der Waals surface area contributed by atoms with E-state index in [9.17, 15) is 13.2 Å². The van der Waals surface area contributed by atoms with Crippen LogP contribution in [0.3, 0.4) is 0 Å². The van der Waals surface area contributed by atoms with Crippen molar-refractivity contribution in [3.63, 3.8) is 0 Å². The van der Waals surface area contributed by atoms with Crippen molar-refractivity contribution in [1.82, 2.24) is 4.98 Å². The van der Waals surface area contributed by atoms with E-state index in [0.29, 0.717) is 13.1 Å². The molecule has 0 unspecified atom stereocenters. The fourth-order valence-corrected chi connectivity index (χ4v) is 4.64. The Morgan fingerprint density at radius 3 is 2.27 bits per heavy atom. The third-order valence-electron chi connectivity index (χ3n) is 5.14. The lowest BCUT2D eigenvalue weighted by molar-refractivity contribution is -0.115. The van der Waals surface area contributed by atoms with Crippen LogP contribution in [0, 0.1) is 0 Å². The number of carbonyl (C=O) groups excluding carboxylic acids is 1. The van der Waals surface area contributed by atoms with Gasteiger partial charge in [-0.15, -0.1) is 0 Å². The highest BCUT2D eigenvalue weighted by molar-refractivity contribution is 7.91. The van der Waals surface area contributed by atoms with Crippen LogP contribution in [-0.2, 0) is 21.1 Å². The zero-order valence-electron chi connectivity index (χ0n) is 16.5. The molecule has 30 heavy (non-hydrogen) atoms. The van der Waals surface area contributed by atoms with Crippen molar-refractivity contribution < 1.29 is 13.2 Å². The first kappa shape index (κ1) is 20.1. The number of rotatable bonds is 5. The molecule has 3 aromatic rings. The van der Waals surface area contributed by atoms with Crippen LogP contribution in [0.5, 0.6) is 0 Å². The summed E-state index contributed by atoms with van der Waals surface area (Å²) in [5.74, 6) is 0.296. The quantitative estimate of drug-likeness (QED) is 0.685. The molecule has 2 heterocycles. The standard InChI is InChI=1S/C23H23N3O3S/c27-23(25-20-8-6-19(7-9-20)22-3-1-2-12-24-22)17-18-4-10-21(11-5-18)26-13-15-30(28,29)16-14-26/h1-12H,13-17H2,(H,25,27). The molecule has 1 aromatic heterocycles. The number of amides is 1. The van der Waals surface area contributed by atoms with Crippen LogP contribution >= 0.6 is 0 Å². The van der Waals surface area contributed by atoms with E-state index in [2.05, 4.69) is 15.2 Å². The lowest BCUT2D eigenvalue weighted by Gasteiger charge is -2.28. The lowest BCUT2D eigenvalue weighted by Crippen LogP contribution is -2.40. The van der Waals surface area contributed by atoms with E-state index in [4.69, 9.17) is 0 Å². The second-order valence-electron chi connectivity index (χ2n) is 7.32. The molecule has 154 valence electrons. The molecular formula is C23H23N3O3S. The minimum absolute atomic E-state index is 0.0857. The van der Waals surface area contributed by atoms with Crippen LogP contribution in [-0.4, -0.2) is 43.9 Å². The fourth-order valence-electron chi connectivity index (χ4n) is 3.44. The Morgan fingerprint density at radius 1 is 0.933 bits per heavy atom. The zero-order chi connectivity index (χ0) is 21.0.